The van der Waals surface area contributed by atoms with Crippen LogP contribution in [-0.2, 0) is 6.54 Å². The molecule has 20 heavy (non-hydrogen) atoms. The molecule has 0 aliphatic rings. The van der Waals surface area contributed by atoms with Crippen molar-refractivity contribution >= 4 is 11.6 Å². The third kappa shape index (κ3) is 2.43. The molecule has 5 heteroatoms. The topological polar surface area (TPSA) is 64.9 Å². The predicted molar refractivity (Wildman–Crippen MR) is 78.1 cm³/mol. The first-order valence-electron chi connectivity index (χ1n) is 6.16. The summed E-state index contributed by atoms with van der Waals surface area (Å²) in [6.07, 6.45) is 0. The van der Waals surface area contributed by atoms with E-state index in [2.05, 4.69) is 10.1 Å². The maximum atomic E-state index is 6.12. The molecule has 0 aliphatic heterocycles. The monoisotopic (exact) mass is 285 g/mol. The Morgan fingerprint density at radius 1 is 1.05 bits per heavy atom. The van der Waals surface area contributed by atoms with Crippen LogP contribution in [0.5, 0.6) is 0 Å². The SMILES string of the molecule is NCc1ccc(-c2nc(-c3ccccc3Cl)no2)cc1. The molecule has 0 atom stereocenters. The fourth-order valence-electron chi connectivity index (χ4n) is 1.88. The summed E-state index contributed by atoms with van der Waals surface area (Å²) in [6.45, 7) is 0.509. The second-order valence-corrected chi connectivity index (χ2v) is 4.71. The van der Waals surface area contributed by atoms with Gasteiger partial charge in [-0.15, -0.1) is 0 Å². The van der Waals surface area contributed by atoms with Crippen LogP contribution in [-0.4, -0.2) is 10.1 Å². The van der Waals surface area contributed by atoms with E-state index in [9.17, 15) is 0 Å². The summed E-state index contributed by atoms with van der Waals surface area (Å²) >= 11 is 6.12. The van der Waals surface area contributed by atoms with Gasteiger partial charge in [0, 0.05) is 17.7 Å². The van der Waals surface area contributed by atoms with Gasteiger partial charge in [-0.2, -0.15) is 4.98 Å². The Bertz CT molecular complexity index is 722. The van der Waals surface area contributed by atoms with E-state index in [1.165, 1.54) is 0 Å². The second-order valence-electron chi connectivity index (χ2n) is 4.30. The van der Waals surface area contributed by atoms with Gasteiger partial charge in [0.1, 0.15) is 0 Å². The Morgan fingerprint density at radius 2 is 1.80 bits per heavy atom. The Hall–Kier alpha value is -2.17. The first-order valence-corrected chi connectivity index (χ1v) is 6.53. The normalized spacial score (nSPS) is 10.7. The highest BCUT2D eigenvalue weighted by Crippen LogP contribution is 2.27. The highest BCUT2D eigenvalue weighted by molar-refractivity contribution is 6.33. The molecule has 2 aromatic carbocycles. The Labute approximate surface area is 121 Å². The molecule has 0 radical (unpaired) electrons. The molecule has 0 saturated carbocycles. The molecule has 0 bridgehead atoms. The molecule has 2 N–H and O–H groups in total. The van der Waals surface area contributed by atoms with E-state index < -0.39 is 0 Å². The van der Waals surface area contributed by atoms with Gasteiger partial charge in [0.2, 0.25) is 5.82 Å². The summed E-state index contributed by atoms with van der Waals surface area (Å²) in [5.41, 5.74) is 8.23. The maximum absolute atomic E-state index is 6.12. The van der Waals surface area contributed by atoms with Crippen molar-refractivity contribution in [2.24, 2.45) is 5.73 Å². The van der Waals surface area contributed by atoms with Gasteiger partial charge in [0.15, 0.2) is 0 Å². The highest BCUT2D eigenvalue weighted by atomic mass is 35.5. The lowest BCUT2D eigenvalue weighted by atomic mass is 10.1. The van der Waals surface area contributed by atoms with Crippen LogP contribution in [0.1, 0.15) is 5.56 Å². The van der Waals surface area contributed by atoms with Gasteiger partial charge in [-0.05, 0) is 29.8 Å². The molecule has 1 aromatic heterocycles. The molecule has 3 aromatic rings. The molecule has 100 valence electrons. The fourth-order valence-corrected chi connectivity index (χ4v) is 2.10. The number of aromatic nitrogens is 2. The Morgan fingerprint density at radius 3 is 2.50 bits per heavy atom. The zero-order valence-corrected chi connectivity index (χ0v) is 11.3. The molecule has 0 unspecified atom stereocenters. The summed E-state index contributed by atoms with van der Waals surface area (Å²) in [4.78, 5) is 4.37. The predicted octanol–water partition coefficient (Wildman–Crippen LogP) is 3.52. The van der Waals surface area contributed by atoms with Gasteiger partial charge in [-0.25, -0.2) is 0 Å². The lowest BCUT2D eigenvalue weighted by molar-refractivity contribution is 0.432. The molecule has 0 saturated heterocycles. The van der Waals surface area contributed by atoms with Crippen LogP contribution < -0.4 is 5.73 Å². The maximum Gasteiger partial charge on any atom is 0.258 e. The van der Waals surface area contributed by atoms with Crippen molar-refractivity contribution in [1.29, 1.82) is 0 Å². The van der Waals surface area contributed by atoms with Crippen LogP contribution in [0.2, 0.25) is 5.02 Å². The third-order valence-corrected chi connectivity index (χ3v) is 3.31. The molecule has 1 heterocycles. The average molecular weight is 286 g/mol. The lowest BCUT2D eigenvalue weighted by Gasteiger charge is -1.97. The Kier molecular flexibility index (Phi) is 3.50. The largest absolute Gasteiger partial charge is 0.334 e. The van der Waals surface area contributed by atoms with E-state index >= 15 is 0 Å². The number of benzene rings is 2. The summed E-state index contributed by atoms with van der Waals surface area (Å²) in [5, 5.41) is 4.57. The highest BCUT2D eigenvalue weighted by Gasteiger charge is 2.12. The zero-order valence-electron chi connectivity index (χ0n) is 10.6. The second kappa shape index (κ2) is 5.45. The van der Waals surface area contributed by atoms with Gasteiger partial charge in [0.05, 0.1) is 5.02 Å². The van der Waals surface area contributed by atoms with Crippen LogP contribution in [0.25, 0.3) is 22.8 Å². The number of hydrogen-bond donors (Lipinski definition) is 1. The summed E-state index contributed by atoms with van der Waals surface area (Å²) in [6, 6.07) is 15.1. The van der Waals surface area contributed by atoms with Crippen molar-refractivity contribution in [2.45, 2.75) is 6.54 Å². The molecule has 0 amide bonds. The number of hydrogen-bond acceptors (Lipinski definition) is 4. The van der Waals surface area contributed by atoms with E-state index in [0.29, 0.717) is 23.3 Å². The van der Waals surface area contributed by atoms with Crippen LogP contribution in [0.3, 0.4) is 0 Å². The molecule has 0 aliphatic carbocycles. The van der Waals surface area contributed by atoms with E-state index in [0.717, 1.165) is 16.7 Å². The molecule has 4 nitrogen and oxygen atoms in total. The van der Waals surface area contributed by atoms with Gasteiger partial charge in [-0.1, -0.05) is 41.0 Å². The van der Waals surface area contributed by atoms with E-state index in [1.54, 1.807) is 6.07 Å². The number of rotatable bonds is 3. The van der Waals surface area contributed by atoms with Crippen molar-refractivity contribution in [3.05, 3.63) is 59.1 Å². The van der Waals surface area contributed by atoms with E-state index in [4.69, 9.17) is 21.9 Å². The number of nitrogens with zero attached hydrogens (tertiary/aromatic N) is 2. The molecular formula is C15H12ClN3O. The van der Waals surface area contributed by atoms with Gasteiger partial charge >= 0.3 is 0 Å². The fraction of sp³-hybridized carbons (Fsp3) is 0.0667. The zero-order chi connectivity index (χ0) is 13.9. The van der Waals surface area contributed by atoms with Crippen molar-refractivity contribution in [3.63, 3.8) is 0 Å². The average Bonchev–Trinajstić information content (AvgIpc) is 2.97. The molecule has 3 rings (SSSR count). The third-order valence-electron chi connectivity index (χ3n) is 2.98. The van der Waals surface area contributed by atoms with Crippen molar-refractivity contribution in [2.75, 3.05) is 0 Å². The summed E-state index contributed by atoms with van der Waals surface area (Å²) in [5.74, 6) is 0.942. The van der Waals surface area contributed by atoms with Crippen molar-refractivity contribution in [1.82, 2.24) is 10.1 Å². The first kappa shape index (κ1) is 12.8. The smallest absolute Gasteiger partial charge is 0.258 e. The van der Waals surface area contributed by atoms with Crippen LogP contribution in [0.15, 0.2) is 53.1 Å². The van der Waals surface area contributed by atoms with Crippen LogP contribution >= 0.6 is 11.6 Å². The van der Waals surface area contributed by atoms with E-state index in [-0.39, 0.29) is 0 Å². The lowest BCUT2D eigenvalue weighted by Crippen LogP contribution is -1.95. The first-order chi connectivity index (χ1) is 9.78. The summed E-state index contributed by atoms with van der Waals surface area (Å²) in [7, 11) is 0. The molecular weight excluding hydrogens is 274 g/mol. The minimum atomic E-state index is 0.462. The van der Waals surface area contributed by atoms with Gasteiger partial charge in [-0.3, -0.25) is 0 Å². The minimum absolute atomic E-state index is 0.462. The van der Waals surface area contributed by atoms with Gasteiger partial charge in [0.25, 0.3) is 5.89 Å². The van der Waals surface area contributed by atoms with E-state index in [1.807, 2.05) is 42.5 Å². The van der Waals surface area contributed by atoms with Gasteiger partial charge < -0.3 is 10.3 Å². The molecule has 0 fully saturated rings. The standard InChI is InChI=1S/C15H12ClN3O/c16-13-4-2-1-3-12(13)14-18-15(20-19-14)11-7-5-10(9-17)6-8-11/h1-8H,9,17H2. The van der Waals surface area contributed by atoms with Crippen molar-refractivity contribution in [3.8, 4) is 22.8 Å². The quantitative estimate of drug-likeness (QED) is 0.800. The van der Waals surface area contributed by atoms with Crippen molar-refractivity contribution < 1.29 is 4.52 Å². The Balaban J connectivity index is 1.95. The minimum Gasteiger partial charge on any atom is -0.334 e. The van der Waals surface area contributed by atoms with Crippen LogP contribution in [0, 0.1) is 0 Å². The molecule has 0 spiro atoms. The summed E-state index contributed by atoms with van der Waals surface area (Å²) < 4.78 is 5.28. The number of halogens is 1. The van der Waals surface area contributed by atoms with Crippen LogP contribution in [0.4, 0.5) is 0 Å². The number of nitrogens with two attached hydrogens (primary N) is 1.